The molecule has 8 heteroatoms. The fourth-order valence-corrected chi connectivity index (χ4v) is 4.54. The van der Waals surface area contributed by atoms with E-state index >= 15 is 0 Å². The van der Waals surface area contributed by atoms with Gasteiger partial charge in [-0.05, 0) is 37.5 Å². The lowest BCUT2D eigenvalue weighted by molar-refractivity contribution is -0.141. The van der Waals surface area contributed by atoms with Crippen molar-refractivity contribution in [1.82, 2.24) is 9.80 Å². The van der Waals surface area contributed by atoms with Crippen LogP contribution in [0.1, 0.15) is 48.9 Å². The highest BCUT2D eigenvalue weighted by Crippen LogP contribution is 2.40. The topological polar surface area (TPSA) is 87.2 Å². The Morgan fingerprint density at radius 3 is 2.72 bits per heavy atom. The number of hydrogen-bond donors (Lipinski definition) is 1. The number of Topliss-reactive ketones (excluding diaryl/α,β-unsaturated/α-hetero) is 1. The number of hydrogen-bond acceptors (Lipinski definition) is 5. The van der Waals surface area contributed by atoms with Crippen LogP contribution in [0.4, 0.5) is 0 Å². The van der Waals surface area contributed by atoms with E-state index in [1.54, 1.807) is 28.0 Å². The lowest BCUT2D eigenvalue weighted by atomic mass is 9.84. The summed E-state index contributed by atoms with van der Waals surface area (Å²) in [6.07, 6.45) is 2.18. The molecule has 1 aromatic rings. The molecular formula is C21H25ClN2O5. The molecule has 3 heterocycles. The zero-order chi connectivity index (χ0) is 20.6. The zero-order valence-corrected chi connectivity index (χ0v) is 17.0. The van der Waals surface area contributed by atoms with E-state index in [1.807, 2.05) is 0 Å². The summed E-state index contributed by atoms with van der Waals surface area (Å²) >= 11 is 6.00. The van der Waals surface area contributed by atoms with Crippen LogP contribution < -0.4 is 4.74 Å². The summed E-state index contributed by atoms with van der Waals surface area (Å²) < 4.78 is 6.21. The maximum absolute atomic E-state index is 12.7. The first kappa shape index (κ1) is 20.2. The minimum absolute atomic E-state index is 0.0300. The molecule has 0 aromatic heterocycles. The second-order valence-electron chi connectivity index (χ2n) is 8.20. The van der Waals surface area contributed by atoms with E-state index in [1.165, 1.54) is 0 Å². The number of benzene rings is 1. The molecule has 1 aromatic carbocycles. The van der Waals surface area contributed by atoms with Crippen LogP contribution in [0.25, 0.3) is 0 Å². The highest BCUT2D eigenvalue weighted by Gasteiger charge is 2.43. The number of fused-ring (bicyclic) bond motifs is 1. The lowest BCUT2D eigenvalue weighted by Crippen LogP contribution is -2.47. The van der Waals surface area contributed by atoms with Gasteiger partial charge in [0.1, 0.15) is 11.4 Å². The van der Waals surface area contributed by atoms with Crippen LogP contribution in [-0.4, -0.2) is 70.4 Å². The maximum atomic E-state index is 12.7. The van der Waals surface area contributed by atoms with Crippen molar-refractivity contribution in [3.8, 4) is 5.75 Å². The summed E-state index contributed by atoms with van der Waals surface area (Å²) in [7, 11) is 0. The van der Waals surface area contributed by atoms with E-state index < -0.39 is 5.60 Å². The molecule has 156 valence electrons. The first-order valence-electron chi connectivity index (χ1n) is 10.1. The third kappa shape index (κ3) is 4.26. The van der Waals surface area contributed by atoms with E-state index in [0.717, 1.165) is 0 Å². The van der Waals surface area contributed by atoms with Crippen molar-refractivity contribution in [2.75, 3.05) is 26.2 Å². The molecule has 1 unspecified atom stereocenters. The van der Waals surface area contributed by atoms with Gasteiger partial charge in [-0.1, -0.05) is 11.6 Å². The predicted molar refractivity (Wildman–Crippen MR) is 106 cm³/mol. The highest BCUT2D eigenvalue weighted by molar-refractivity contribution is 6.31. The van der Waals surface area contributed by atoms with E-state index in [2.05, 4.69) is 0 Å². The van der Waals surface area contributed by atoms with E-state index in [9.17, 15) is 19.5 Å². The molecule has 0 saturated carbocycles. The largest absolute Gasteiger partial charge is 0.486 e. The average molecular weight is 421 g/mol. The second-order valence-corrected chi connectivity index (χ2v) is 8.64. The van der Waals surface area contributed by atoms with Gasteiger partial charge < -0.3 is 19.6 Å². The quantitative estimate of drug-likeness (QED) is 0.791. The Bertz CT molecular complexity index is 836. The first-order chi connectivity index (χ1) is 13.8. The number of amides is 2. The zero-order valence-electron chi connectivity index (χ0n) is 16.2. The molecule has 3 aliphatic rings. The van der Waals surface area contributed by atoms with Crippen LogP contribution in [-0.2, 0) is 9.59 Å². The van der Waals surface area contributed by atoms with Crippen LogP contribution in [0, 0.1) is 0 Å². The van der Waals surface area contributed by atoms with Gasteiger partial charge in [0.2, 0.25) is 11.8 Å². The molecule has 0 radical (unpaired) electrons. The molecule has 0 aliphatic carbocycles. The van der Waals surface area contributed by atoms with E-state index in [4.69, 9.17) is 16.3 Å². The van der Waals surface area contributed by atoms with Gasteiger partial charge in [0, 0.05) is 37.5 Å². The highest BCUT2D eigenvalue weighted by atomic mass is 35.5. The van der Waals surface area contributed by atoms with Gasteiger partial charge in [-0.2, -0.15) is 0 Å². The van der Waals surface area contributed by atoms with Gasteiger partial charge in [0.15, 0.2) is 5.78 Å². The van der Waals surface area contributed by atoms with Crippen molar-refractivity contribution in [1.29, 1.82) is 0 Å². The van der Waals surface area contributed by atoms with Crippen molar-refractivity contribution < 1.29 is 24.2 Å². The first-order valence-corrected chi connectivity index (χ1v) is 10.5. The maximum Gasteiger partial charge on any atom is 0.242 e. The normalized spacial score (nSPS) is 25.6. The molecule has 1 N–H and O–H groups in total. The van der Waals surface area contributed by atoms with Gasteiger partial charge in [-0.15, -0.1) is 0 Å². The summed E-state index contributed by atoms with van der Waals surface area (Å²) in [5.74, 6) is 0.291. The summed E-state index contributed by atoms with van der Waals surface area (Å²) in [6, 6.07) is 5.01. The van der Waals surface area contributed by atoms with Crippen molar-refractivity contribution >= 4 is 29.2 Å². The van der Waals surface area contributed by atoms with Crippen LogP contribution in [0.5, 0.6) is 5.75 Å². The van der Waals surface area contributed by atoms with E-state index in [-0.39, 0.29) is 43.1 Å². The molecule has 0 bridgehead atoms. The minimum atomic E-state index is -0.722. The third-order valence-electron chi connectivity index (χ3n) is 6.18. The molecule has 7 nitrogen and oxygen atoms in total. The van der Waals surface area contributed by atoms with Gasteiger partial charge in [0.05, 0.1) is 24.6 Å². The number of ether oxygens (including phenoxy) is 1. The SMILES string of the molecule is O=C1CC2(CCC(=O)N(CC(=O)N3CCC(O)CC3)CC2)Oc2ccc(Cl)cc21. The van der Waals surface area contributed by atoms with E-state index in [0.29, 0.717) is 61.7 Å². The standard InChI is InChI=1S/C21H25ClN2O5/c22-14-1-2-18-16(11-14)17(26)12-21(29-18)6-3-19(27)24(10-7-21)13-20(28)23-8-4-15(25)5-9-23/h1-2,11,15,25H,3-10,12-13H2. The molecular weight excluding hydrogens is 396 g/mol. The Morgan fingerprint density at radius 2 is 1.97 bits per heavy atom. The molecule has 1 spiro atoms. The number of piperidine rings is 1. The summed E-state index contributed by atoms with van der Waals surface area (Å²) in [6.45, 7) is 1.44. The molecule has 29 heavy (non-hydrogen) atoms. The Balaban J connectivity index is 1.43. The van der Waals surface area contributed by atoms with Crippen LogP contribution >= 0.6 is 11.6 Å². The summed E-state index contributed by atoms with van der Waals surface area (Å²) in [5, 5.41) is 10.1. The van der Waals surface area contributed by atoms with Crippen molar-refractivity contribution in [3.63, 3.8) is 0 Å². The lowest BCUT2D eigenvalue weighted by Gasteiger charge is -2.37. The van der Waals surface area contributed by atoms with Gasteiger partial charge in [-0.3, -0.25) is 14.4 Å². The second kappa shape index (κ2) is 7.95. The Hall–Kier alpha value is -2.12. The Kier molecular flexibility index (Phi) is 5.53. The number of likely N-dealkylation sites (tertiary alicyclic amines) is 2. The van der Waals surface area contributed by atoms with Crippen molar-refractivity contribution in [3.05, 3.63) is 28.8 Å². The summed E-state index contributed by atoms with van der Waals surface area (Å²) in [4.78, 5) is 41.2. The molecule has 3 aliphatic heterocycles. The molecule has 2 fully saturated rings. The predicted octanol–water partition coefficient (Wildman–Crippen LogP) is 2.04. The Morgan fingerprint density at radius 1 is 1.21 bits per heavy atom. The third-order valence-corrected chi connectivity index (χ3v) is 6.41. The smallest absolute Gasteiger partial charge is 0.242 e. The number of rotatable bonds is 2. The number of nitrogens with zero attached hydrogens (tertiary/aromatic N) is 2. The monoisotopic (exact) mass is 420 g/mol. The number of carbonyl (C=O) groups excluding carboxylic acids is 3. The molecule has 2 saturated heterocycles. The van der Waals surface area contributed by atoms with Gasteiger partial charge in [-0.25, -0.2) is 0 Å². The van der Waals surface area contributed by atoms with Gasteiger partial charge >= 0.3 is 0 Å². The molecule has 4 rings (SSSR count). The van der Waals surface area contributed by atoms with Crippen LogP contribution in [0.2, 0.25) is 5.02 Å². The Labute approximate surface area is 174 Å². The van der Waals surface area contributed by atoms with Gasteiger partial charge in [0.25, 0.3) is 0 Å². The fourth-order valence-electron chi connectivity index (χ4n) is 4.37. The molecule has 1 atom stereocenters. The number of carbonyl (C=O) groups is 3. The van der Waals surface area contributed by atoms with Crippen LogP contribution in [0.3, 0.4) is 0 Å². The van der Waals surface area contributed by atoms with Crippen molar-refractivity contribution in [2.45, 2.75) is 50.2 Å². The minimum Gasteiger partial charge on any atom is -0.486 e. The summed E-state index contributed by atoms with van der Waals surface area (Å²) in [5.41, 5.74) is -0.237. The molecule has 2 amide bonds. The van der Waals surface area contributed by atoms with Crippen molar-refractivity contribution in [2.24, 2.45) is 0 Å². The number of aliphatic hydroxyl groups is 1. The average Bonchev–Trinajstić information content (AvgIpc) is 2.83. The number of ketones is 1. The fraction of sp³-hybridized carbons (Fsp3) is 0.571. The van der Waals surface area contributed by atoms with Crippen LogP contribution in [0.15, 0.2) is 18.2 Å². The number of halogens is 1. The number of aliphatic hydroxyl groups excluding tert-OH is 1.